The van der Waals surface area contributed by atoms with Crippen LogP contribution in [0.25, 0.3) is 0 Å². The molecule has 2 heteroatoms. The minimum absolute atomic E-state index is 0.111. The summed E-state index contributed by atoms with van der Waals surface area (Å²) < 4.78 is 0. The van der Waals surface area contributed by atoms with Crippen LogP contribution >= 0.6 is 0 Å². The van der Waals surface area contributed by atoms with Crippen molar-refractivity contribution in [3.63, 3.8) is 0 Å². The van der Waals surface area contributed by atoms with Gasteiger partial charge in [0.1, 0.15) is 0 Å². The highest BCUT2D eigenvalue weighted by atomic mass is 16.4. The van der Waals surface area contributed by atoms with Gasteiger partial charge in [-0.15, -0.1) is 0 Å². The van der Waals surface area contributed by atoms with Gasteiger partial charge in [0.05, 0.1) is 0 Å². The molecule has 0 aliphatic heterocycles. The Morgan fingerprint density at radius 1 is 1.46 bits per heavy atom. The summed E-state index contributed by atoms with van der Waals surface area (Å²) >= 11 is 0. The Morgan fingerprint density at radius 3 is 2.00 bits per heavy atom. The molecule has 1 saturated carbocycles. The van der Waals surface area contributed by atoms with Crippen molar-refractivity contribution >= 4 is 5.97 Å². The maximum Gasteiger partial charge on any atom is 0.0411 e. The van der Waals surface area contributed by atoms with Crippen molar-refractivity contribution in [2.45, 2.75) is 52.9 Å². The molecule has 1 aliphatic rings. The van der Waals surface area contributed by atoms with E-state index in [0.717, 1.165) is 11.8 Å². The molecule has 78 valence electrons. The van der Waals surface area contributed by atoms with Gasteiger partial charge >= 0.3 is 0 Å². The van der Waals surface area contributed by atoms with Crippen LogP contribution in [0.5, 0.6) is 0 Å². The van der Waals surface area contributed by atoms with Crippen LogP contribution in [0.1, 0.15) is 52.9 Å². The Morgan fingerprint density at radius 2 is 1.92 bits per heavy atom. The van der Waals surface area contributed by atoms with Crippen molar-refractivity contribution in [3.8, 4) is 0 Å². The van der Waals surface area contributed by atoms with Crippen molar-refractivity contribution in [2.75, 3.05) is 0 Å². The molecular formula is C11H21O2-. The highest BCUT2D eigenvalue weighted by Gasteiger charge is 2.17. The van der Waals surface area contributed by atoms with Crippen LogP contribution in [0.3, 0.4) is 0 Å². The lowest BCUT2D eigenvalue weighted by Crippen LogP contribution is -2.19. The summed E-state index contributed by atoms with van der Waals surface area (Å²) in [7, 11) is 0. The highest BCUT2D eigenvalue weighted by molar-refractivity contribution is 5.63. The zero-order valence-corrected chi connectivity index (χ0v) is 9.01. The van der Waals surface area contributed by atoms with Gasteiger partial charge in [0, 0.05) is 5.97 Å². The number of carboxylic acids is 1. The van der Waals surface area contributed by atoms with Crippen molar-refractivity contribution in [1.29, 1.82) is 0 Å². The number of aliphatic carboxylic acids is 1. The second kappa shape index (κ2) is 6.93. The highest BCUT2D eigenvalue weighted by Crippen LogP contribution is 2.31. The minimum atomic E-state index is -0.995. The van der Waals surface area contributed by atoms with Crippen LogP contribution in [0.4, 0.5) is 0 Å². The molecule has 1 fully saturated rings. The Balaban J connectivity index is 0.000000252. The van der Waals surface area contributed by atoms with Crippen molar-refractivity contribution in [3.05, 3.63) is 0 Å². The first-order valence-electron chi connectivity index (χ1n) is 5.26. The maximum atomic E-state index is 9.26. The number of rotatable bonds is 3. The second-order valence-electron chi connectivity index (χ2n) is 4.15. The SMILES string of the molecule is CC(C)CC1CCC1.CCC(=O)[O-]. The molecule has 0 radical (unpaired) electrons. The molecule has 0 bridgehead atoms. The lowest BCUT2D eigenvalue weighted by molar-refractivity contribution is -0.305. The molecule has 13 heavy (non-hydrogen) atoms. The van der Waals surface area contributed by atoms with E-state index in [1.165, 1.54) is 32.6 Å². The molecule has 1 rings (SSSR count). The summed E-state index contributed by atoms with van der Waals surface area (Å²) in [5, 5.41) is 9.26. The molecule has 0 amide bonds. The molecule has 0 aromatic rings. The minimum Gasteiger partial charge on any atom is -0.550 e. The Kier molecular flexibility index (Phi) is 6.65. The number of hydrogen-bond donors (Lipinski definition) is 0. The molecule has 0 aromatic carbocycles. The van der Waals surface area contributed by atoms with E-state index in [1.807, 2.05) is 0 Å². The number of carbonyl (C=O) groups excluding carboxylic acids is 1. The van der Waals surface area contributed by atoms with Crippen LogP contribution < -0.4 is 5.11 Å². The van der Waals surface area contributed by atoms with Gasteiger partial charge in [-0.1, -0.05) is 40.0 Å². The molecule has 0 saturated heterocycles. The van der Waals surface area contributed by atoms with Gasteiger partial charge in [-0.05, 0) is 24.7 Å². The van der Waals surface area contributed by atoms with Gasteiger partial charge in [-0.25, -0.2) is 0 Å². The van der Waals surface area contributed by atoms with Crippen LogP contribution in [0.2, 0.25) is 0 Å². The van der Waals surface area contributed by atoms with E-state index in [4.69, 9.17) is 0 Å². The fraction of sp³-hybridized carbons (Fsp3) is 0.909. The first-order chi connectivity index (χ1) is 6.06. The standard InChI is InChI=1S/C8H16.C3H6O2/c1-7(2)6-8-4-3-5-8;1-2-3(4)5/h7-8H,3-6H2,1-2H3;2H2,1H3,(H,4,5)/p-1. The summed E-state index contributed by atoms with van der Waals surface area (Å²) in [6.07, 6.45) is 6.10. The number of hydrogen-bond acceptors (Lipinski definition) is 2. The third-order valence-electron chi connectivity index (χ3n) is 2.32. The van der Waals surface area contributed by atoms with E-state index in [-0.39, 0.29) is 6.42 Å². The average Bonchev–Trinajstić information content (AvgIpc) is 1.98. The van der Waals surface area contributed by atoms with Gasteiger partial charge in [-0.2, -0.15) is 0 Å². The molecule has 1 aliphatic carbocycles. The van der Waals surface area contributed by atoms with Crippen molar-refractivity contribution in [1.82, 2.24) is 0 Å². The maximum absolute atomic E-state index is 9.26. The summed E-state index contributed by atoms with van der Waals surface area (Å²) in [4.78, 5) is 9.26. The fourth-order valence-corrected chi connectivity index (χ4v) is 1.40. The first-order valence-corrected chi connectivity index (χ1v) is 5.26. The van der Waals surface area contributed by atoms with Crippen molar-refractivity contribution in [2.24, 2.45) is 11.8 Å². The zero-order valence-electron chi connectivity index (χ0n) is 9.01. The summed E-state index contributed by atoms with van der Waals surface area (Å²) in [5.41, 5.74) is 0. The fourth-order valence-electron chi connectivity index (χ4n) is 1.40. The van der Waals surface area contributed by atoms with Crippen LogP contribution in [-0.4, -0.2) is 5.97 Å². The quantitative estimate of drug-likeness (QED) is 0.674. The average molecular weight is 185 g/mol. The van der Waals surface area contributed by atoms with Crippen LogP contribution in [-0.2, 0) is 4.79 Å². The van der Waals surface area contributed by atoms with Crippen molar-refractivity contribution < 1.29 is 9.90 Å². The molecule has 0 heterocycles. The number of carbonyl (C=O) groups is 1. The molecule has 0 atom stereocenters. The Bertz CT molecular complexity index is 137. The third-order valence-corrected chi connectivity index (χ3v) is 2.32. The molecule has 0 unspecified atom stereocenters. The lowest BCUT2D eigenvalue weighted by Gasteiger charge is -2.26. The van der Waals surface area contributed by atoms with E-state index < -0.39 is 5.97 Å². The van der Waals surface area contributed by atoms with Gasteiger partial charge in [0.2, 0.25) is 0 Å². The molecule has 2 nitrogen and oxygen atoms in total. The predicted molar refractivity (Wildman–Crippen MR) is 52.1 cm³/mol. The van der Waals surface area contributed by atoms with E-state index in [0.29, 0.717) is 0 Å². The first kappa shape index (κ1) is 12.5. The van der Waals surface area contributed by atoms with Gasteiger partial charge in [0.15, 0.2) is 0 Å². The molecule has 0 spiro atoms. The Hall–Kier alpha value is -0.530. The summed E-state index contributed by atoms with van der Waals surface area (Å²) in [5.74, 6) is 1.04. The smallest absolute Gasteiger partial charge is 0.0411 e. The van der Waals surface area contributed by atoms with Gasteiger partial charge in [-0.3, -0.25) is 0 Å². The zero-order chi connectivity index (χ0) is 10.3. The topological polar surface area (TPSA) is 40.1 Å². The van der Waals surface area contributed by atoms with Crippen LogP contribution in [0, 0.1) is 11.8 Å². The molecular weight excluding hydrogens is 164 g/mol. The molecule has 0 aromatic heterocycles. The summed E-state index contributed by atoms with van der Waals surface area (Å²) in [6.45, 7) is 6.17. The van der Waals surface area contributed by atoms with Gasteiger partial charge in [0.25, 0.3) is 0 Å². The lowest BCUT2D eigenvalue weighted by atomic mass is 9.80. The second-order valence-corrected chi connectivity index (χ2v) is 4.15. The number of carboxylic acid groups (broad SMARTS) is 1. The normalized spacial score (nSPS) is 16.0. The van der Waals surface area contributed by atoms with E-state index in [1.54, 1.807) is 0 Å². The predicted octanol–water partition coefficient (Wildman–Crippen LogP) is 1.98. The van der Waals surface area contributed by atoms with E-state index in [2.05, 4.69) is 13.8 Å². The Labute approximate surface area is 81.3 Å². The van der Waals surface area contributed by atoms with E-state index in [9.17, 15) is 9.90 Å². The van der Waals surface area contributed by atoms with Gasteiger partial charge < -0.3 is 9.90 Å². The monoisotopic (exact) mass is 185 g/mol. The molecule has 0 N–H and O–H groups in total. The third kappa shape index (κ3) is 7.82. The summed E-state index contributed by atoms with van der Waals surface area (Å²) in [6, 6.07) is 0. The van der Waals surface area contributed by atoms with E-state index >= 15 is 0 Å². The van der Waals surface area contributed by atoms with Crippen LogP contribution in [0.15, 0.2) is 0 Å². The largest absolute Gasteiger partial charge is 0.550 e.